The average Bonchev–Trinajstić information content (AvgIpc) is 2.30. The number of hydrogen-bond donors (Lipinski definition) is 2. The number of nitrogens with two attached hydrogens (primary N) is 1. The first-order chi connectivity index (χ1) is 7.76. The SMILES string of the molecule is Cc1ccc(OCC[C@@H](CO)CCN)cc1. The predicted octanol–water partition coefficient (Wildman–Crippen LogP) is 1.72. The molecule has 0 saturated carbocycles. The van der Waals surface area contributed by atoms with Gasteiger partial charge in [0.25, 0.3) is 0 Å². The van der Waals surface area contributed by atoms with Gasteiger partial charge in [0.2, 0.25) is 0 Å². The first kappa shape index (κ1) is 13.0. The Morgan fingerprint density at radius 1 is 1.25 bits per heavy atom. The van der Waals surface area contributed by atoms with Crippen molar-refractivity contribution in [1.82, 2.24) is 0 Å². The summed E-state index contributed by atoms with van der Waals surface area (Å²) >= 11 is 0. The fourth-order valence-electron chi connectivity index (χ4n) is 1.54. The summed E-state index contributed by atoms with van der Waals surface area (Å²) in [7, 11) is 0. The molecule has 1 aromatic rings. The third-order valence-corrected chi connectivity index (χ3v) is 2.65. The highest BCUT2D eigenvalue weighted by atomic mass is 16.5. The normalized spacial score (nSPS) is 12.4. The molecular weight excluding hydrogens is 202 g/mol. The largest absolute Gasteiger partial charge is 0.494 e. The number of hydrogen-bond acceptors (Lipinski definition) is 3. The molecule has 16 heavy (non-hydrogen) atoms. The van der Waals surface area contributed by atoms with Crippen LogP contribution in [0.15, 0.2) is 24.3 Å². The second-order valence-corrected chi connectivity index (χ2v) is 4.08. The number of ether oxygens (including phenoxy) is 1. The number of aliphatic hydroxyl groups excluding tert-OH is 1. The second-order valence-electron chi connectivity index (χ2n) is 4.08. The van der Waals surface area contributed by atoms with Gasteiger partial charge in [-0.25, -0.2) is 0 Å². The van der Waals surface area contributed by atoms with Crippen molar-refractivity contribution < 1.29 is 9.84 Å². The van der Waals surface area contributed by atoms with Crippen LogP contribution in [0, 0.1) is 12.8 Å². The number of rotatable bonds is 7. The maximum atomic E-state index is 9.08. The van der Waals surface area contributed by atoms with Crippen LogP contribution in [-0.2, 0) is 0 Å². The van der Waals surface area contributed by atoms with E-state index in [0.717, 1.165) is 18.6 Å². The van der Waals surface area contributed by atoms with Gasteiger partial charge in [0.1, 0.15) is 5.75 Å². The monoisotopic (exact) mass is 223 g/mol. The van der Waals surface area contributed by atoms with Crippen LogP contribution in [0.4, 0.5) is 0 Å². The highest BCUT2D eigenvalue weighted by Crippen LogP contribution is 2.13. The fourth-order valence-corrected chi connectivity index (χ4v) is 1.54. The van der Waals surface area contributed by atoms with E-state index in [2.05, 4.69) is 0 Å². The molecule has 0 spiro atoms. The zero-order valence-electron chi connectivity index (χ0n) is 9.86. The predicted molar refractivity (Wildman–Crippen MR) is 65.5 cm³/mol. The Balaban J connectivity index is 2.26. The number of aliphatic hydroxyl groups is 1. The van der Waals surface area contributed by atoms with Crippen LogP contribution in [0.5, 0.6) is 5.75 Å². The molecule has 3 nitrogen and oxygen atoms in total. The first-order valence-electron chi connectivity index (χ1n) is 5.76. The van der Waals surface area contributed by atoms with Crippen molar-refractivity contribution in [3.8, 4) is 5.75 Å². The summed E-state index contributed by atoms with van der Waals surface area (Å²) < 4.78 is 5.59. The Kier molecular flexibility index (Phi) is 5.90. The summed E-state index contributed by atoms with van der Waals surface area (Å²) in [5.41, 5.74) is 6.68. The lowest BCUT2D eigenvalue weighted by Crippen LogP contribution is -2.15. The minimum atomic E-state index is 0.189. The van der Waals surface area contributed by atoms with Crippen molar-refractivity contribution in [1.29, 1.82) is 0 Å². The molecule has 0 unspecified atom stereocenters. The van der Waals surface area contributed by atoms with E-state index in [9.17, 15) is 0 Å². The van der Waals surface area contributed by atoms with E-state index in [1.54, 1.807) is 0 Å². The quantitative estimate of drug-likeness (QED) is 0.740. The highest BCUT2D eigenvalue weighted by Gasteiger charge is 2.06. The fraction of sp³-hybridized carbons (Fsp3) is 0.538. The molecule has 0 amide bonds. The third-order valence-electron chi connectivity index (χ3n) is 2.65. The van der Waals surface area contributed by atoms with Crippen LogP contribution in [0.2, 0.25) is 0 Å². The van der Waals surface area contributed by atoms with Crippen LogP contribution in [0.25, 0.3) is 0 Å². The van der Waals surface area contributed by atoms with E-state index in [-0.39, 0.29) is 12.5 Å². The van der Waals surface area contributed by atoms with Crippen LogP contribution < -0.4 is 10.5 Å². The smallest absolute Gasteiger partial charge is 0.119 e. The van der Waals surface area contributed by atoms with Crippen molar-refractivity contribution >= 4 is 0 Å². The maximum Gasteiger partial charge on any atom is 0.119 e. The summed E-state index contributed by atoms with van der Waals surface area (Å²) in [4.78, 5) is 0. The Bertz CT molecular complexity index is 284. The molecule has 3 N–H and O–H groups in total. The van der Waals surface area contributed by atoms with E-state index < -0.39 is 0 Å². The molecule has 1 aromatic carbocycles. The van der Waals surface area contributed by atoms with Crippen molar-refractivity contribution in [3.63, 3.8) is 0 Å². The Morgan fingerprint density at radius 3 is 2.50 bits per heavy atom. The minimum Gasteiger partial charge on any atom is -0.494 e. The van der Waals surface area contributed by atoms with E-state index in [1.807, 2.05) is 31.2 Å². The summed E-state index contributed by atoms with van der Waals surface area (Å²) in [5.74, 6) is 1.14. The molecule has 0 aliphatic carbocycles. The first-order valence-corrected chi connectivity index (χ1v) is 5.76. The molecule has 0 aromatic heterocycles. The van der Waals surface area contributed by atoms with Crippen LogP contribution in [-0.4, -0.2) is 24.9 Å². The van der Waals surface area contributed by atoms with E-state index >= 15 is 0 Å². The van der Waals surface area contributed by atoms with Gasteiger partial charge in [-0.1, -0.05) is 17.7 Å². The van der Waals surface area contributed by atoms with Crippen molar-refractivity contribution in [3.05, 3.63) is 29.8 Å². The van der Waals surface area contributed by atoms with Gasteiger partial charge < -0.3 is 15.6 Å². The van der Waals surface area contributed by atoms with Crippen LogP contribution >= 0.6 is 0 Å². The topological polar surface area (TPSA) is 55.5 Å². The lowest BCUT2D eigenvalue weighted by molar-refractivity contribution is 0.186. The van der Waals surface area contributed by atoms with Gasteiger partial charge >= 0.3 is 0 Å². The van der Waals surface area contributed by atoms with Crippen molar-refractivity contribution in [2.24, 2.45) is 11.7 Å². The van der Waals surface area contributed by atoms with Gasteiger partial charge in [-0.05, 0) is 44.4 Å². The molecule has 1 rings (SSSR count). The average molecular weight is 223 g/mol. The van der Waals surface area contributed by atoms with Gasteiger partial charge in [0, 0.05) is 6.61 Å². The van der Waals surface area contributed by atoms with E-state index in [1.165, 1.54) is 5.56 Å². The molecule has 0 fully saturated rings. The molecule has 0 heterocycles. The Hall–Kier alpha value is -1.06. The lowest BCUT2D eigenvalue weighted by atomic mass is 10.0. The molecule has 0 aliphatic rings. The maximum absolute atomic E-state index is 9.08. The number of benzene rings is 1. The molecule has 1 atom stereocenters. The molecule has 90 valence electrons. The van der Waals surface area contributed by atoms with Crippen molar-refractivity contribution in [2.75, 3.05) is 19.8 Å². The molecule has 0 radical (unpaired) electrons. The number of aryl methyl sites for hydroxylation is 1. The minimum absolute atomic E-state index is 0.189. The summed E-state index contributed by atoms with van der Waals surface area (Å²) in [5, 5.41) is 9.08. The zero-order valence-corrected chi connectivity index (χ0v) is 9.86. The lowest BCUT2D eigenvalue weighted by Gasteiger charge is -2.13. The van der Waals surface area contributed by atoms with Gasteiger partial charge in [0.15, 0.2) is 0 Å². The van der Waals surface area contributed by atoms with Gasteiger partial charge in [-0.3, -0.25) is 0 Å². The van der Waals surface area contributed by atoms with Crippen LogP contribution in [0.3, 0.4) is 0 Å². The summed E-state index contributed by atoms with van der Waals surface area (Å²) in [6.45, 7) is 3.49. The van der Waals surface area contributed by atoms with Gasteiger partial charge in [-0.2, -0.15) is 0 Å². The van der Waals surface area contributed by atoms with E-state index in [4.69, 9.17) is 15.6 Å². The second kappa shape index (κ2) is 7.25. The molecular formula is C13H21NO2. The summed E-state index contributed by atoms with van der Waals surface area (Å²) in [6.07, 6.45) is 1.70. The summed E-state index contributed by atoms with van der Waals surface area (Å²) in [6, 6.07) is 7.98. The molecule has 0 bridgehead atoms. The molecule has 0 aliphatic heterocycles. The van der Waals surface area contributed by atoms with Crippen molar-refractivity contribution in [2.45, 2.75) is 19.8 Å². The standard InChI is InChI=1S/C13H21NO2/c1-11-2-4-13(5-3-11)16-9-7-12(10-15)6-8-14/h2-5,12,15H,6-10,14H2,1H3/t12-/m0/s1. The van der Waals surface area contributed by atoms with Crippen LogP contribution in [0.1, 0.15) is 18.4 Å². The zero-order chi connectivity index (χ0) is 11.8. The van der Waals surface area contributed by atoms with Gasteiger partial charge in [-0.15, -0.1) is 0 Å². The Labute approximate surface area is 97.2 Å². The molecule has 0 saturated heterocycles. The van der Waals surface area contributed by atoms with E-state index in [0.29, 0.717) is 13.2 Å². The highest BCUT2D eigenvalue weighted by molar-refractivity contribution is 5.26. The van der Waals surface area contributed by atoms with Gasteiger partial charge in [0.05, 0.1) is 6.61 Å². The Morgan fingerprint density at radius 2 is 1.94 bits per heavy atom. The molecule has 3 heteroatoms. The third kappa shape index (κ3) is 4.64.